The third kappa shape index (κ3) is 2.14. The van der Waals surface area contributed by atoms with Gasteiger partial charge in [0, 0.05) is 18.7 Å². The molecule has 0 spiro atoms. The Morgan fingerprint density at radius 2 is 2.06 bits per heavy atom. The highest BCUT2D eigenvalue weighted by Crippen LogP contribution is 2.31. The first-order chi connectivity index (χ1) is 8.67. The van der Waals surface area contributed by atoms with E-state index in [0.717, 1.165) is 17.0 Å². The lowest BCUT2D eigenvalue weighted by atomic mass is 10.0. The molecule has 2 N–H and O–H groups in total. The first-order valence-electron chi connectivity index (χ1n) is 5.49. The van der Waals surface area contributed by atoms with Crippen molar-refractivity contribution in [2.45, 2.75) is 6.04 Å². The second kappa shape index (κ2) is 5.05. The number of methoxy groups -OCH3 is 2. The van der Waals surface area contributed by atoms with Crippen LogP contribution in [0.4, 0.5) is 0 Å². The van der Waals surface area contributed by atoms with Crippen molar-refractivity contribution in [3.63, 3.8) is 0 Å². The molecular formula is C12H16N4O2. The average Bonchev–Trinajstić information content (AvgIpc) is 2.83. The summed E-state index contributed by atoms with van der Waals surface area (Å²) in [4.78, 5) is 0. The topological polar surface area (TPSA) is 75.2 Å². The summed E-state index contributed by atoms with van der Waals surface area (Å²) in [6, 6.07) is 5.20. The molecule has 0 saturated carbocycles. The minimum Gasteiger partial charge on any atom is -0.497 e. The molecule has 0 fully saturated rings. The first-order valence-corrected chi connectivity index (χ1v) is 5.49. The molecule has 1 unspecified atom stereocenters. The Morgan fingerprint density at radius 3 is 2.61 bits per heavy atom. The van der Waals surface area contributed by atoms with E-state index < -0.39 is 0 Å². The molecule has 0 radical (unpaired) electrons. The average molecular weight is 248 g/mol. The van der Waals surface area contributed by atoms with Crippen molar-refractivity contribution in [1.29, 1.82) is 0 Å². The van der Waals surface area contributed by atoms with Gasteiger partial charge in [0.05, 0.1) is 32.2 Å². The fourth-order valence-corrected chi connectivity index (χ4v) is 1.81. The van der Waals surface area contributed by atoms with Gasteiger partial charge in [-0.1, -0.05) is 5.21 Å². The maximum atomic E-state index is 6.21. The Kier molecular flexibility index (Phi) is 3.47. The summed E-state index contributed by atoms with van der Waals surface area (Å²) in [5.41, 5.74) is 7.89. The van der Waals surface area contributed by atoms with E-state index in [1.54, 1.807) is 38.2 Å². The van der Waals surface area contributed by atoms with Crippen molar-refractivity contribution in [2.75, 3.05) is 14.2 Å². The molecule has 1 atom stereocenters. The standard InChI is InChI=1S/C12H16N4O2/c1-16-10(7-14-15-16)12(13)9-5-4-8(17-2)6-11(9)18-3/h4-7,12H,13H2,1-3H3. The number of rotatable bonds is 4. The van der Waals surface area contributed by atoms with Crippen molar-refractivity contribution in [1.82, 2.24) is 15.0 Å². The molecule has 6 heteroatoms. The van der Waals surface area contributed by atoms with E-state index in [1.165, 1.54) is 0 Å². The molecule has 0 amide bonds. The van der Waals surface area contributed by atoms with Gasteiger partial charge in [-0.25, -0.2) is 0 Å². The van der Waals surface area contributed by atoms with Crippen molar-refractivity contribution < 1.29 is 9.47 Å². The summed E-state index contributed by atoms with van der Waals surface area (Å²) < 4.78 is 12.1. The van der Waals surface area contributed by atoms with E-state index in [0.29, 0.717) is 5.75 Å². The molecule has 2 rings (SSSR count). The molecule has 18 heavy (non-hydrogen) atoms. The predicted octanol–water partition coefficient (Wildman–Crippen LogP) is 0.880. The zero-order chi connectivity index (χ0) is 13.1. The molecule has 0 aliphatic heterocycles. The number of benzene rings is 1. The van der Waals surface area contributed by atoms with Gasteiger partial charge in [-0.2, -0.15) is 0 Å². The number of nitrogens with two attached hydrogens (primary N) is 1. The quantitative estimate of drug-likeness (QED) is 0.869. The number of hydrogen-bond donors (Lipinski definition) is 1. The predicted molar refractivity (Wildman–Crippen MR) is 66.6 cm³/mol. The molecule has 1 aromatic carbocycles. The Balaban J connectivity index is 2.41. The summed E-state index contributed by atoms with van der Waals surface area (Å²) in [6.07, 6.45) is 1.65. The SMILES string of the molecule is COc1ccc(C(N)c2cnnn2C)c(OC)c1. The second-order valence-corrected chi connectivity index (χ2v) is 3.87. The number of aryl methyl sites for hydroxylation is 1. The molecule has 0 bridgehead atoms. The second-order valence-electron chi connectivity index (χ2n) is 3.87. The van der Waals surface area contributed by atoms with Crippen LogP contribution in [0.25, 0.3) is 0 Å². The fraction of sp³-hybridized carbons (Fsp3) is 0.333. The fourth-order valence-electron chi connectivity index (χ4n) is 1.81. The summed E-state index contributed by atoms with van der Waals surface area (Å²) >= 11 is 0. The maximum absolute atomic E-state index is 6.21. The molecule has 1 heterocycles. The van der Waals surface area contributed by atoms with Crippen LogP contribution in [0.3, 0.4) is 0 Å². The summed E-state index contributed by atoms with van der Waals surface area (Å²) in [6.45, 7) is 0. The maximum Gasteiger partial charge on any atom is 0.127 e. The van der Waals surface area contributed by atoms with Gasteiger partial charge in [0.15, 0.2) is 0 Å². The van der Waals surface area contributed by atoms with Gasteiger partial charge in [-0.15, -0.1) is 5.10 Å². The van der Waals surface area contributed by atoms with E-state index >= 15 is 0 Å². The zero-order valence-corrected chi connectivity index (χ0v) is 10.6. The van der Waals surface area contributed by atoms with E-state index in [9.17, 15) is 0 Å². The Morgan fingerprint density at radius 1 is 1.28 bits per heavy atom. The summed E-state index contributed by atoms with van der Waals surface area (Å²) in [5, 5.41) is 7.70. The van der Waals surface area contributed by atoms with Crippen molar-refractivity contribution in [2.24, 2.45) is 12.8 Å². The van der Waals surface area contributed by atoms with Gasteiger partial charge in [-0.3, -0.25) is 4.68 Å². The number of hydrogen-bond acceptors (Lipinski definition) is 5. The first kappa shape index (κ1) is 12.4. The minimum absolute atomic E-state index is 0.342. The highest BCUT2D eigenvalue weighted by molar-refractivity contribution is 5.44. The normalized spacial score (nSPS) is 12.2. The van der Waals surface area contributed by atoms with Crippen molar-refractivity contribution >= 4 is 0 Å². The van der Waals surface area contributed by atoms with Gasteiger partial charge >= 0.3 is 0 Å². The van der Waals surface area contributed by atoms with E-state index in [4.69, 9.17) is 15.2 Å². The Labute approximate surface area is 105 Å². The lowest BCUT2D eigenvalue weighted by Crippen LogP contribution is -2.16. The van der Waals surface area contributed by atoms with Crippen LogP contribution in [0, 0.1) is 0 Å². The highest BCUT2D eigenvalue weighted by atomic mass is 16.5. The molecular weight excluding hydrogens is 232 g/mol. The van der Waals surface area contributed by atoms with Gasteiger partial charge < -0.3 is 15.2 Å². The zero-order valence-electron chi connectivity index (χ0n) is 10.6. The van der Waals surface area contributed by atoms with Crippen LogP contribution in [0.5, 0.6) is 11.5 Å². The molecule has 1 aromatic heterocycles. The van der Waals surface area contributed by atoms with Crippen LogP contribution in [-0.2, 0) is 7.05 Å². The van der Waals surface area contributed by atoms with Crippen LogP contribution in [0.2, 0.25) is 0 Å². The largest absolute Gasteiger partial charge is 0.497 e. The highest BCUT2D eigenvalue weighted by Gasteiger charge is 2.18. The summed E-state index contributed by atoms with van der Waals surface area (Å²) in [5.74, 6) is 1.41. The van der Waals surface area contributed by atoms with Crippen LogP contribution in [0.1, 0.15) is 17.3 Å². The molecule has 2 aromatic rings. The molecule has 96 valence electrons. The Hall–Kier alpha value is -2.08. The molecule has 0 aliphatic carbocycles. The van der Waals surface area contributed by atoms with Gasteiger partial charge in [0.2, 0.25) is 0 Å². The van der Waals surface area contributed by atoms with Gasteiger partial charge in [-0.05, 0) is 12.1 Å². The Bertz CT molecular complexity index is 539. The third-order valence-electron chi connectivity index (χ3n) is 2.84. The summed E-state index contributed by atoms with van der Waals surface area (Å²) in [7, 11) is 5.02. The van der Waals surface area contributed by atoms with Crippen molar-refractivity contribution in [3.8, 4) is 11.5 Å². The molecule has 0 aliphatic rings. The monoisotopic (exact) mass is 248 g/mol. The lowest BCUT2D eigenvalue weighted by Gasteiger charge is -2.16. The number of ether oxygens (including phenoxy) is 2. The van der Waals surface area contributed by atoms with Crippen molar-refractivity contribution in [3.05, 3.63) is 35.7 Å². The lowest BCUT2D eigenvalue weighted by molar-refractivity contribution is 0.389. The van der Waals surface area contributed by atoms with Gasteiger partial charge in [0.25, 0.3) is 0 Å². The van der Waals surface area contributed by atoms with Gasteiger partial charge in [0.1, 0.15) is 11.5 Å². The van der Waals surface area contributed by atoms with Crippen LogP contribution < -0.4 is 15.2 Å². The minimum atomic E-state index is -0.342. The van der Waals surface area contributed by atoms with E-state index in [-0.39, 0.29) is 6.04 Å². The number of nitrogens with zero attached hydrogens (tertiary/aromatic N) is 3. The smallest absolute Gasteiger partial charge is 0.127 e. The molecule has 6 nitrogen and oxygen atoms in total. The van der Waals surface area contributed by atoms with Crippen LogP contribution >= 0.6 is 0 Å². The third-order valence-corrected chi connectivity index (χ3v) is 2.84. The van der Waals surface area contributed by atoms with E-state index in [1.807, 2.05) is 12.1 Å². The number of aromatic nitrogens is 3. The molecule has 0 saturated heterocycles. The van der Waals surface area contributed by atoms with E-state index in [2.05, 4.69) is 10.3 Å². The van der Waals surface area contributed by atoms with Crippen LogP contribution in [-0.4, -0.2) is 29.2 Å². The van der Waals surface area contributed by atoms with Crippen LogP contribution in [0.15, 0.2) is 24.4 Å².